The van der Waals surface area contributed by atoms with E-state index in [2.05, 4.69) is 10.3 Å². The van der Waals surface area contributed by atoms with Gasteiger partial charge in [-0.3, -0.25) is 4.79 Å². The van der Waals surface area contributed by atoms with E-state index in [-0.39, 0.29) is 23.4 Å². The molecule has 0 aliphatic heterocycles. The van der Waals surface area contributed by atoms with E-state index in [0.29, 0.717) is 0 Å². The molecule has 0 radical (unpaired) electrons. The predicted octanol–water partition coefficient (Wildman–Crippen LogP) is 3.54. The highest BCUT2D eigenvalue weighted by molar-refractivity contribution is 5.98. The van der Waals surface area contributed by atoms with Crippen molar-refractivity contribution in [2.45, 2.75) is 32.5 Å². The Balaban J connectivity index is 2.27. The number of carbonyl (C=O) groups is 2. The first-order valence-electron chi connectivity index (χ1n) is 8.32. The second kappa shape index (κ2) is 7.87. The highest BCUT2D eigenvalue weighted by atomic mass is 19.4. The number of amides is 1. The fourth-order valence-electron chi connectivity index (χ4n) is 2.37. The van der Waals surface area contributed by atoms with Crippen molar-refractivity contribution in [1.29, 1.82) is 0 Å². The summed E-state index contributed by atoms with van der Waals surface area (Å²) in [6.07, 6.45) is -3.34. The molecule has 0 fully saturated rings. The number of benzene rings is 1. The van der Waals surface area contributed by atoms with E-state index in [1.54, 1.807) is 6.92 Å². The average molecular weight is 396 g/mol. The summed E-state index contributed by atoms with van der Waals surface area (Å²) in [6.45, 7) is 4.61. The van der Waals surface area contributed by atoms with E-state index in [1.165, 1.54) is 32.2 Å². The molecule has 28 heavy (non-hydrogen) atoms. The van der Waals surface area contributed by atoms with Crippen LogP contribution in [0.5, 0.6) is 5.75 Å². The first-order valence-corrected chi connectivity index (χ1v) is 8.32. The van der Waals surface area contributed by atoms with Crippen LogP contribution in [0.4, 0.5) is 13.2 Å². The van der Waals surface area contributed by atoms with E-state index >= 15 is 0 Å². The fourth-order valence-corrected chi connectivity index (χ4v) is 2.37. The summed E-state index contributed by atoms with van der Waals surface area (Å²) in [7, 11) is 0. The molecule has 2 N–H and O–H groups in total. The molecule has 0 saturated heterocycles. The number of hydrogen-bond donors (Lipinski definition) is 2. The second-order valence-electron chi connectivity index (χ2n) is 6.47. The molecule has 1 aromatic heterocycles. The van der Waals surface area contributed by atoms with Gasteiger partial charge in [0.1, 0.15) is 11.3 Å². The Morgan fingerprint density at radius 1 is 1.18 bits per heavy atom. The highest BCUT2D eigenvalue weighted by Crippen LogP contribution is 2.33. The van der Waals surface area contributed by atoms with Crippen LogP contribution in [0.25, 0.3) is 11.1 Å². The molecule has 9 heteroatoms. The smallest absolute Gasteiger partial charge is 0.416 e. The average Bonchev–Trinajstić information content (AvgIpc) is 2.60. The van der Waals surface area contributed by atoms with Crippen molar-refractivity contribution in [3.63, 3.8) is 0 Å². The maximum absolute atomic E-state index is 12.9. The first-order chi connectivity index (χ1) is 13.0. The van der Waals surface area contributed by atoms with Gasteiger partial charge >= 0.3 is 12.1 Å². The topological polar surface area (TPSA) is 88.5 Å². The number of hydrogen-bond acceptors (Lipinski definition) is 5. The lowest BCUT2D eigenvalue weighted by Crippen LogP contribution is -2.50. The molecule has 1 heterocycles. The van der Waals surface area contributed by atoms with Crippen molar-refractivity contribution in [3.8, 4) is 16.9 Å². The molecule has 1 amide bonds. The number of ether oxygens (including phenoxy) is 1. The molecule has 0 aliphatic carbocycles. The van der Waals surface area contributed by atoms with Crippen LogP contribution in [0.3, 0.4) is 0 Å². The highest BCUT2D eigenvalue weighted by Gasteiger charge is 2.33. The number of nitrogens with one attached hydrogen (secondary N) is 1. The quantitative estimate of drug-likeness (QED) is 0.755. The minimum absolute atomic E-state index is 0.132. The number of aromatic hydroxyl groups is 1. The fraction of sp³-hybridized carbons (Fsp3) is 0.316. The third-order valence-corrected chi connectivity index (χ3v) is 3.82. The molecule has 0 saturated carbocycles. The number of aromatic nitrogens is 1. The third-order valence-electron chi connectivity index (χ3n) is 3.82. The summed E-state index contributed by atoms with van der Waals surface area (Å²) < 4.78 is 43.4. The monoisotopic (exact) mass is 396 g/mol. The van der Waals surface area contributed by atoms with Crippen LogP contribution in [-0.2, 0) is 15.7 Å². The maximum Gasteiger partial charge on any atom is 0.416 e. The first kappa shape index (κ1) is 21.2. The van der Waals surface area contributed by atoms with Crippen LogP contribution in [-0.4, -0.2) is 34.1 Å². The number of halogens is 3. The Morgan fingerprint density at radius 3 is 2.43 bits per heavy atom. The van der Waals surface area contributed by atoms with Gasteiger partial charge in [0.2, 0.25) is 0 Å². The summed E-state index contributed by atoms with van der Waals surface area (Å²) in [6, 6.07) is 5.64. The van der Waals surface area contributed by atoms with Crippen molar-refractivity contribution in [1.82, 2.24) is 10.3 Å². The van der Waals surface area contributed by atoms with Gasteiger partial charge in [-0.25, -0.2) is 9.78 Å². The van der Waals surface area contributed by atoms with Gasteiger partial charge in [0.25, 0.3) is 5.91 Å². The molecule has 0 bridgehead atoms. The van der Waals surface area contributed by atoms with E-state index in [4.69, 9.17) is 4.74 Å². The molecular formula is C19H19F3N2O4. The van der Waals surface area contributed by atoms with Gasteiger partial charge in [-0.1, -0.05) is 12.1 Å². The van der Waals surface area contributed by atoms with Gasteiger partial charge in [-0.2, -0.15) is 13.2 Å². The second-order valence-corrected chi connectivity index (χ2v) is 6.47. The van der Waals surface area contributed by atoms with Crippen LogP contribution < -0.4 is 5.32 Å². The minimum Gasteiger partial charge on any atom is -0.505 e. The number of esters is 1. The maximum atomic E-state index is 12.9. The number of rotatable bonds is 5. The van der Waals surface area contributed by atoms with Crippen LogP contribution in [0.2, 0.25) is 0 Å². The number of alkyl halides is 3. The van der Waals surface area contributed by atoms with Crippen LogP contribution in [0, 0.1) is 0 Å². The van der Waals surface area contributed by atoms with Crippen molar-refractivity contribution in [2.75, 3.05) is 6.61 Å². The van der Waals surface area contributed by atoms with Crippen molar-refractivity contribution in [3.05, 3.63) is 47.8 Å². The Labute approximate surface area is 159 Å². The molecule has 2 aromatic rings. The molecule has 1 aromatic carbocycles. The lowest BCUT2D eigenvalue weighted by molar-refractivity contribution is -0.149. The third kappa shape index (κ3) is 4.79. The summed E-state index contributed by atoms with van der Waals surface area (Å²) in [4.78, 5) is 28.0. The zero-order valence-electron chi connectivity index (χ0n) is 15.4. The lowest BCUT2D eigenvalue weighted by atomic mass is 10.0. The van der Waals surface area contributed by atoms with Gasteiger partial charge < -0.3 is 15.2 Å². The van der Waals surface area contributed by atoms with Crippen LogP contribution in [0.1, 0.15) is 36.8 Å². The summed E-state index contributed by atoms with van der Waals surface area (Å²) in [5, 5.41) is 12.5. The lowest BCUT2D eigenvalue weighted by Gasteiger charge is -2.23. The van der Waals surface area contributed by atoms with Gasteiger partial charge in [-0.05, 0) is 44.5 Å². The Morgan fingerprint density at radius 2 is 1.86 bits per heavy atom. The molecule has 0 spiro atoms. The minimum atomic E-state index is -4.51. The van der Waals surface area contributed by atoms with E-state index in [0.717, 1.165) is 18.2 Å². The van der Waals surface area contributed by atoms with Crippen LogP contribution >= 0.6 is 0 Å². The molecule has 0 unspecified atom stereocenters. The predicted molar refractivity (Wildman–Crippen MR) is 94.5 cm³/mol. The van der Waals surface area contributed by atoms with Crippen LogP contribution in [0.15, 0.2) is 36.5 Å². The van der Waals surface area contributed by atoms with Gasteiger partial charge in [-0.15, -0.1) is 0 Å². The zero-order valence-corrected chi connectivity index (χ0v) is 15.4. The molecule has 0 aliphatic rings. The van der Waals surface area contributed by atoms with Crippen molar-refractivity contribution in [2.24, 2.45) is 0 Å². The largest absolute Gasteiger partial charge is 0.505 e. The van der Waals surface area contributed by atoms with Crippen molar-refractivity contribution >= 4 is 11.9 Å². The normalized spacial score (nSPS) is 11.8. The Bertz CT molecular complexity index is 895. The van der Waals surface area contributed by atoms with E-state index in [9.17, 15) is 27.9 Å². The number of nitrogens with zero attached hydrogens (tertiary/aromatic N) is 1. The Hall–Kier alpha value is -3.10. The zero-order chi connectivity index (χ0) is 21.1. The van der Waals surface area contributed by atoms with E-state index in [1.807, 2.05) is 0 Å². The molecule has 2 rings (SSSR count). The standard InChI is InChI=1S/C19H19F3N2O4/c1-4-28-17(27)18(2,3)24-16(26)15-14(25)9-12(10-23-15)11-6-5-7-13(8-11)19(20,21)22/h5-10,25H,4H2,1-3H3,(H,24,26). The molecule has 0 atom stereocenters. The van der Waals surface area contributed by atoms with Crippen molar-refractivity contribution < 1.29 is 32.6 Å². The SMILES string of the molecule is CCOC(=O)C(C)(C)NC(=O)c1ncc(-c2cccc(C(F)(F)F)c2)cc1O. The van der Waals surface area contributed by atoms with Gasteiger partial charge in [0, 0.05) is 11.8 Å². The number of pyridine rings is 1. The van der Waals surface area contributed by atoms with Gasteiger partial charge in [0.05, 0.1) is 12.2 Å². The molecular weight excluding hydrogens is 377 g/mol. The number of carbonyl (C=O) groups excluding carboxylic acids is 2. The van der Waals surface area contributed by atoms with Gasteiger partial charge in [0.15, 0.2) is 5.69 Å². The Kier molecular flexibility index (Phi) is 5.96. The summed E-state index contributed by atoms with van der Waals surface area (Å²) >= 11 is 0. The van der Waals surface area contributed by atoms with E-state index < -0.39 is 34.9 Å². The summed E-state index contributed by atoms with van der Waals surface area (Å²) in [5.74, 6) is -2.03. The molecule has 150 valence electrons. The summed E-state index contributed by atoms with van der Waals surface area (Å²) in [5.41, 5.74) is -2.20. The molecule has 6 nitrogen and oxygen atoms in total.